The van der Waals surface area contributed by atoms with Crippen molar-refractivity contribution in [3.63, 3.8) is 0 Å². The minimum atomic E-state index is -4.30. The first kappa shape index (κ1) is 20.3. The zero-order chi connectivity index (χ0) is 20.5. The van der Waals surface area contributed by atoms with Crippen molar-refractivity contribution < 1.29 is 27.1 Å². The molecule has 1 aliphatic rings. The molecule has 1 aromatic carbocycles. The standard InChI is InChI=1S/C19H21F4N3O2/c1-3-28-18(27)15-11-24-16-5-4-13(20)10-14(16)17(15)26-8-6-25(7-9-26)12(2)19(21,22)23/h4-5,10-12H,3,6-9H2,1-2H3. The summed E-state index contributed by atoms with van der Waals surface area (Å²) in [7, 11) is 0. The Morgan fingerprint density at radius 3 is 2.54 bits per heavy atom. The molecule has 1 saturated heterocycles. The van der Waals surface area contributed by atoms with Crippen LogP contribution >= 0.6 is 0 Å². The van der Waals surface area contributed by atoms with E-state index >= 15 is 0 Å². The van der Waals surface area contributed by atoms with E-state index in [0.29, 0.717) is 16.6 Å². The van der Waals surface area contributed by atoms with E-state index in [9.17, 15) is 22.4 Å². The molecule has 0 saturated carbocycles. The minimum Gasteiger partial charge on any atom is -0.462 e. The van der Waals surface area contributed by atoms with Gasteiger partial charge in [0.15, 0.2) is 0 Å². The van der Waals surface area contributed by atoms with Crippen molar-refractivity contribution in [3.8, 4) is 0 Å². The number of hydrogen-bond acceptors (Lipinski definition) is 5. The summed E-state index contributed by atoms with van der Waals surface area (Å²) in [5.74, 6) is -1.08. The van der Waals surface area contributed by atoms with Crippen LogP contribution in [0.25, 0.3) is 10.9 Å². The Morgan fingerprint density at radius 2 is 1.93 bits per heavy atom. The summed E-state index contributed by atoms with van der Waals surface area (Å²) in [6.07, 6.45) is -2.93. The molecule has 0 N–H and O–H groups in total. The fourth-order valence-electron chi connectivity index (χ4n) is 3.39. The monoisotopic (exact) mass is 399 g/mol. The summed E-state index contributed by atoms with van der Waals surface area (Å²) in [5, 5.41) is 0.433. The van der Waals surface area contributed by atoms with Gasteiger partial charge in [-0.25, -0.2) is 9.18 Å². The highest BCUT2D eigenvalue weighted by atomic mass is 19.4. The van der Waals surface area contributed by atoms with Crippen LogP contribution in [0.2, 0.25) is 0 Å². The second-order valence-electron chi connectivity index (χ2n) is 6.64. The van der Waals surface area contributed by atoms with Crippen LogP contribution in [0.15, 0.2) is 24.4 Å². The van der Waals surface area contributed by atoms with Crippen LogP contribution < -0.4 is 4.90 Å². The summed E-state index contributed by atoms with van der Waals surface area (Å²) in [4.78, 5) is 19.8. The third-order valence-corrected chi connectivity index (χ3v) is 4.95. The molecular weight excluding hydrogens is 378 g/mol. The predicted molar refractivity (Wildman–Crippen MR) is 97.0 cm³/mol. The highest BCUT2D eigenvalue weighted by molar-refractivity contribution is 6.05. The van der Waals surface area contributed by atoms with E-state index in [1.807, 2.05) is 0 Å². The molecule has 1 atom stereocenters. The Bertz CT molecular complexity index is 864. The molecule has 1 aliphatic heterocycles. The van der Waals surface area contributed by atoms with Crippen LogP contribution in [0.4, 0.5) is 23.2 Å². The lowest BCUT2D eigenvalue weighted by Gasteiger charge is -2.40. The molecule has 2 aromatic rings. The van der Waals surface area contributed by atoms with Crippen molar-refractivity contribution in [2.24, 2.45) is 0 Å². The number of rotatable bonds is 4. The molecule has 5 nitrogen and oxygen atoms in total. The molecule has 1 aromatic heterocycles. The van der Waals surface area contributed by atoms with Crippen LogP contribution in [0.5, 0.6) is 0 Å². The second kappa shape index (κ2) is 7.90. The van der Waals surface area contributed by atoms with Crippen LogP contribution in [-0.2, 0) is 4.74 Å². The summed E-state index contributed by atoms with van der Waals surface area (Å²) in [5.41, 5.74) is 1.12. The van der Waals surface area contributed by atoms with Gasteiger partial charge < -0.3 is 9.64 Å². The fraction of sp³-hybridized carbons (Fsp3) is 0.474. The number of benzene rings is 1. The van der Waals surface area contributed by atoms with Crippen molar-refractivity contribution in [2.75, 3.05) is 37.7 Å². The topological polar surface area (TPSA) is 45.7 Å². The minimum absolute atomic E-state index is 0.163. The van der Waals surface area contributed by atoms with E-state index in [2.05, 4.69) is 4.98 Å². The predicted octanol–water partition coefficient (Wildman–Crippen LogP) is 3.62. The lowest BCUT2D eigenvalue weighted by atomic mass is 10.1. The average molecular weight is 399 g/mol. The smallest absolute Gasteiger partial charge is 0.403 e. The number of aromatic nitrogens is 1. The maximum Gasteiger partial charge on any atom is 0.403 e. The number of carbonyl (C=O) groups is 1. The maximum absolute atomic E-state index is 13.9. The SMILES string of the molecule is CCOC(=O)c1cnc2ccc(F)cc2c1N1CCN(C(C)C(F)(F)F)CC1. The number of esters is 1. The number of carbonyl (C=O) groups excluding carboxylic acids is 1. The first-order valence-electron chi connectivity index (χ1n) is 9.03. The van der Waals surface area contributed by atoms with Crippen LogP contribution in [0.1, 0.15) is 24.2 Å². The second-order valence-corrected chi connectivity index (χ2v) is 6.64. The molecule has 1 unspecified atom stereocenters. The fourth-order valence-corrected chi connectivity index (χ4v) is 3.39. The maximum atomic E-state index is 13.9. The molecule has 2 heterocycles. The molecule has 0 spiro atoms. The van der Waals surface area contributed by atoms with Crippen LogP contribution in [0, 0.1) is 5.82 Å². The van der Waals surface area contributed by atoms with Gasteiger partial charge in [-0.05, 0) is 32.0 Å². The van der Waals surface area contributed by atoms with Gasteiger partial charge in [0.1, 0.15) is 17.4 Å². The lowest BCUT2D eigenvalue weighted by Crippen LogP contribution is -2.54. The highest BCUT2D eigenvalue weighted by Crippen LogP contribution is 2.33. The third kappa shape index (κ3) is 4.04. The zero-order valence-corrected chi connectivity index (χ0v) is 15.6. The van der Waals surface area contributed by atoms with E-state index in [-0.39, 0.29) is 38.3 Å². The van der Waals surface area contributed by atoms with Gasteiger partial charge in [-0.1, -0.05) is 0 Å². The molecule has 0 radical (unpaired) electrons. The van der Waals surface area contributed by atoms with Gasteiger partial charge in [-0.2, -0.15) is 13.2 Å². The number of fused-ring (bicyclic) bond motifs is 1. The third-order valence-electron chi connectivity index (χ3n) is 4.95. The van der Waals surface area contributed by atoms with Crippen LogP contribution in [-0.4, -0.2) is 60.9 Å². The number of nitrogens with zero attached hydrogens (tertiary/aromatic N) is 3. The number of pyridine rings is 1. The van der Waals surface area contributed by atoms with Gasteiger partial charge in [0.25, 0.3) is 0 Å². The van der Waals surface area contributed by atoms with Gasteiger partial charge >= 0.3 is 12.1 Å². The van der Waals surface area contributed by atoms with E-state index < -0.39 is 24.0 Å². The van der Waals surface area contributed by atoms with Crippen molar-refractivity contribution in [2.45, 2.75) is 26.1 Å². The molecule has 0 bridgehead atoms. The molecule has 0 amide bonds. The van der Waals surface area contributed by atoms with Gasteiger partial charge in [-0.3, -0.25) is 9.88 Å². The number of anilines is 1. The average Bonchev–Trinajstić information content (AvgIpc) is 2.66. The molecule has 1 fully saturated rings. The van der Waals surface area contributed by atoms with Crippen molar-refractivity contribution in [1.82, 2.24) is 9.88 Å². The first-order chi connectivity index (χ1) is 13.2. The van der Waals surface area contributed by atoms with E-state index in [4.69, 9.17) is 4.74 Å². The van der Waals surface area contributed by atoms with E-state index in [1.165, 1.54) is 29.3 Å². The number of halogens is 4. The highest BCUT2D eigenvalue weighted by Gasteiger charge is 2.41. The number of piperazine rings is 1. The molecule has 0 aliphatic carbocycles. The zero-order valence-electron chi connectivity index (χ0n) is 15.6. The van der Waals surface area contributed by atoms with Gasteiger partial charge in [-0.15, -0.1) is 0 Å². The summed E-state index contributed by atoms with van der Waals surface area (Å²) < 4.78 is 57.9. The van der Waals surface area contributed by atoms with Gasteiger partial charge in [0.2, 0.25) is 0 Å². The van der Waals surface area contributed by atoms with Crippen molar-refractivity contribution in [3.05, 3.63) is 35.8 Å². The number of alkyl halides is 3. The summed E-state index contributed by atoms with van der Waals surface area (Å²) in [6.45, 7) is 3.84. The molecule has 3 rings (SSSR count). The Kier molecular flexibility index (Phi) is 5.74. The Hall–Kier alpha value is -2.42. The lowest BCUT2D eigenvalue weighted by molar-refractivity contribution is -0.179. The number of hydrogen-bond donors (Lipinski definition) is 0. The largest absolute Gasteiger partial charge is 0.462 e. The van der Waals surface area contributed by atoms with Gasteiger partial charge in [0.05, 0.1) is 17.8 Å². The Balaban J connectivity index is 1.96. The Morgan fingerprint density at radius 1 is 1.25 bits per heavy atom. The quantitative estimate of drug-likeness (QED) is 0.581. The van der Waals surface area contributed by atoms with Crippen molar-refractivity contribution in [1.29, 1.82) is 0 Å². The number of ether oxygens (including phenoxy) is 1. The molecular formula is C19H21F4N3O2. The normalized spacial score (nSPS) is 17.0. The molecule has 9 heteroatoms. The first-order valence-corrected chi connectivity index (χ1v) is 9.03. The van der Waals surface area contributed by atoms with Gasteiger partial charge in [0, 0.05) is 37.8 Å². The van der Waals surface area contributed by atoms with E-state index in [1.54, 1.807) is 11.8 Å². The van der Waals surface area contributed by atoms with E-state index in [0.717, 1.165) is 6.92 Å². The summed E-state index contributed by atoms with van der Waals surface area (Å²) in [6, 6.07) is 2.51. The Labute approximate surface area is 159 Å². The molecule has 152 valence electrons. The van der Waals surface area contributed by atoms with Crippen LogP contribution in [0.3, 0.4) is 0 Å². The molecule has 28 heavy (non-hydrogen) atoms. The summed E-state index contributed by atoms with van der Waals surface area (Å²) >= 11 is 0. The van der Waals surface area contributed by atoms with Crippen molar-refractivity contribution >= 4 is 22.6 Å².